The van der Waals surface area contributed by atoms with Crippen LogP contribution in [0.4, 0.5) is 21.0 Å². The Hall–Kier alpha value is -2.44. The number of anilines is 2. The van der Waals surface area contributed by atoms with E-state index in [0.717, 1.165) is 5.56 Å². The van der Waals surface area contributed by atoms with Gasteiger partial charge in [0.25, 0.3) is 0 Å². The van der Waals surface area contributed by atoms with Gasteiger partial charge in [0, 0.05) is 5.69 Å². The molecular formula is C9H12N4O3. The highest BCUT2D eigenvalue weighted by atomic mass is 16.4. The summed E-state index contributed by atoms with van der Waals surface area (Å²) in [6, 6.07) is 4.13. The van der Waals surface area contributed by atoms with Crippen LogP contribution in [0, 0.1) is 6.92 Å². The van der Waals surface area contributed by atoms with E-state index >= 15 is 0 Å². The second-order valence-corrected chi connectivity index (χ2v) is 3.07. The van der Waals surface area contributed by atoms with Gasteiger partial charge in [0.2, 0.25) is 0 Å². The maximum Gasteiger partial charge on any atom is 0.409 e. The summed E-state index contributed by atoms with van der Waals surface area (Å²) < 4.78 is 0. The number of urea groups is 1. The monoisotopic (exact) mass is 224 g/mol. The highest BCUT2D eigenvalue weighted by Gasteiger charge is 2.03. The maximum absolute atomic E-state index is 10.5. The fraction of sp³-hybridized carbons (Fsp3) is 0.111. The number of primary amides is 1. The summed E-state index contributed by atoms with van der Waals surface area (Å²) in [7, 11) is 0. The summed E-state index contributed by atoms with van der Waals surface area (Å²) >= 11 is 0. The standard InChI is InChI=1S/C9H12N4O3/c1-5-2-3-6(11-9(15)16)4-7(5)12-13-8(10)14/h2-4,11-12H,1H3,(H,15,16)(H3,10,13,14). The minimum absolute atomic E-state index is 0.395. The third-order valence-electron chi connectivity index (χ3n) is 1.81. The number of hydrazine groups is 1. The smallest absolute Gasteiger partial charge is 0.409 e. The summed E-state index contributed by atoms with van der Waals surface area (Å²) in [5, 5.41) is 10.7. The summed E-state index contributed by atoms with van der Waals surface area (Å²) in [5.74, 6) is 0. The van der Waals surface area contributed by atoms with Crippen molar-refractivity contribution in [1.29, 1.82) is 0 Å². The molecule has 0 heterocycles. The first kappa shape index (κ1) is 11.6. The van der Waals surface area contributed by atoms with Crippen LogP contribution in [0.1, 0.15) is 5.56 Å². The predicted molar refractivity (Wildman–Crippen MR) is 59.2 cm³/mol. The molecule has 0 unspecified atom stereocenters. The average Bonchev–Trinajstić information content (AvgIpc) is 2.18. The number of carbonyl (C=O) groups is 2. The third kappa shape index (κ3) is 3.37. The molecule has 0 fully saturated rings. The zero-order chi connectivity index (χ0) is 12.1. The van der Waals surface area contributed by atoms with Crippen LogP contribution in [-0.4, -0.2) is 17.2 Å². The van der Waals surface area contributed by atoms with Crippen molar-refractivity contribution >= 4 is 23.5 Å². The normalized spacial score (nSPS) is 9.31. The molecule has 1 rings (SSSR count). The van der Waals surface area contributed by atoms with Gasteiger partial charge in [0.05, 0.1) is 5.69 Å². The quantitative estimate of drug-likeness (QED) is 0.494. The Morgan fingerprint density at radius 2 is 2.06 bits per heavy atom. The van der Waals surface area contributed by atoms with E-state index in [1.165, 1.54) is 0 Å². The molecule has 0 aliphatic rings. The van der Waals surface area contributed by atoms with E-state index < -0.39 is 12.1 Å². The minimum Gasteiger partial charge on any atom is -0.465 e. The summed E-state index contributed by atoms with van der Waals surface area (Å²) in [4.78, 5) is 20.9. The zero-order valence-electron chi connectivity index (χ0n) is 8.57. The van der Waals surface area contributed by atoms with Gasteiger partial charge in [-0.05, 0) is 24.6 Å². The molecule has 3 amide bonds. The van der Waals surface area contributed by atoms with E-state index in [1.807, 2.05) is 0 Å². The Morgan fingerprint density at radius 1 is 1.38 bits per heavy atom. The lowest BCUT2D eigenvalue weighted by Gasteiger charge is -2.11. The molecule has 0 spiro atoms. The lowest BCUT2D eigenvalue weighted by molar-refractivity contribution is 0.209. The van der Waals surface area contributed by atoms with Gasteiger partial charge in [0.15, 0.2) is 0 Å². The molecule has 0 atom stereocenters. The molecule has 0 saturated heterocycles. The van der Waals surface area contributed by atoms with Gasteiger partial charge in [-0.25, -0.2) is 9.59 Å². The fourth-order valence-electron chi connectivity index (χ4n) is 1.09. The SMILES string of the molecule is Cc1ccc(NC(=O)O)cc1NNC(N)=O. The first-order valence-electron chi connectivity index (χ1n) is 4.41. The van der Waals surface area contributed by atoms with Crippen LogP contribution in [0.5, 0.6) is 0 Å². The Bertz CT molecular complexity index is 419. The lowest BCUT2D eigenvalue weighted by atomic mass is 10.2. The molecule has 0 aromatic heterocycles. The number of hydrogen-bond acceptors (Lipinski definition) is 3. The molecule has 0 radical (unpaired) electrons. The van der Waals surface area contributed by atoms with E-state index in [4.69, 9.17) is 10.8 Å². The summed E-state index contributed by atoms with van der Waals surface area (Å²) in [6.45, 7) is 1.80. The van der Waals surface area contributed by atoms with E-state index in [-0.39, 0.29) is 0 Å². The van der Waals surface area contributed by atoms with Crippen molar-refractivity contribution in [3.8, 4) is 0 Å². The second-order valence-electron chi connectivity index (χ2n) is 3.07. The van der Waals surface area contributed by atoms with Gasteiger partial charge in [0.1, 0.15) is 0 Å². The molecule has 0 bridgehead atoms. The number of carboxylic acid groups (broad SMARTS) is 1. The van der Waals surface area contributed by atoms with E-state index in [1.54, 1.807) is 25.1 Å². The van der Waals surface area contributed by atoms with Crippen molar-refractivity contribution in [3.05, 3.63) is 23.8 Å². The first-order chi connectivity index (χ1) is 7.49. The molecule has 16 heavy (non-hydrogen) atoms. The largest absolute Gasteiger partial charge is 0.465 e. The number of nitrogens with two attached hydrogens (primary N) is 1. The highest BCUT2D eigenvalue weighted by molar-refractivity contribution is 5.84. The molecule has 7 heteroatoms. The van der Waals surface area contributed by atoms with Crippen molar-refractivity contribution in [2.24, 2.45) is 5.73 Å². The highest BCUT2D eigenvalue weighted by Crippen LogP contribution is 2.19. The van der Waals surface area contributed by atoms with Gasteiger partial charge in [-0.15, -0.1) is 0 Å². The Labute approximate surface area is 91.6 Å². The predicted octanol–water partition coefficient (Wildman–Crippen LogP) is 1.08. The molecular weight excluding hydrogens is 212 g/mol. The second kappa shape index (κ2) is 4.87. The van der Waals surface area contributed by atoms with E-state index in [2.05, 4.69) is 16.2 Å². The first-order valence-corrected chi connectivity index (χ1v) is 4.41. The molecule has 0 aliphatic carbocycles. The Kier molecular flexibility index (Phi) is 3.54. The number of benzene rings is 1. The van der Waals surface area contributed by atoms with E-state index in [9.17, 15) is 9.59 Å². The van der Waals surface area contributed by atoms with Crippen molar-refractivity contribution in [2.45, 2.75) is 6.92 Å². The summed E-state index contributed by atoms with van der Waals surface area (Å²) in [6.07, 6.45) is -1.15. The van der Waals surface area contributed by atoms with Gasteiger partial charge in [-0.3, -0.25) is 16.2 Å². The number of aryl methyl sites for hydroxylation is 1. The topological polar surface area (TPSA) is 116 Å². The number of carbonyl (C=O) groups excluding carboxylic acids is 1. The number of hydrogen-bond donors (Lipinski definition) is 5. The minimum atomic E-state index is -1.15. The number of nitrogens with one attached hydrogen (secondary N) is 3. The van der Waals surface area contributed by atoms with Crippen molar-refractivity contribution in [2.75, 3.05) is 10.7 Å². The van der Waals surface area contributed by atoms with Crippen molar-refractivity contribution in [3.63, 3.8) is 0 Å². The Morgan fingerprint density at radius 3 is 2.62 bits per heavy atom. The zero-order valence-corrected chi connectivity index (χ0v) is 8.57. The molecule has 6 N–H and O–H groups in total. The van der Waals surface area contributed by atoms with Crippen LogP contribution >= 0.6 is 0 Å². The number of amides is 3. The molecule has 1 aromatic carbocycles. The van der Waals surface area contributed by atoms with Crippen LogP contribution in [0.25, 0.3) is 0 Å². The van der Waals surface area contributed by atoms with Crippen molar-refractivity contribution < 1.29 is 14.7 Å². The average molecular weight is 224 g/mol. The van der Waals surface area contributed by atoms with Gasteiger partial charge in [-0.1, -0.05) is 6.07 Å². The third-order valence-corrected chi connectivity index (χ3v) is 1.81. The number of rotatable bonds is 3. The molecule has 7 nitrogen and oxygen atoms in total. The molecule has 0 saturated carbocycles. The van der Waals surface area contributed by atoms with Gasteiger partial charge >= 0.3 is 12.1 Å². The van der Waals surface area contributed by atoms with Gasteiger partial charge in [-0.2, -0.15) is 0 Å². The van der Waals surface area contributed by atoms with Crippen LogP contribution < -0.4 is 21.9 Å². The molecule has 1 aromatic rings. The molecule has 86 valence electrons. The fourth-order valence-corrected chi connectivity index (χ4v) is 1.09. The van der Waals surface area contributed by atoms with Crippen LogP contribution in [-0.2, 0) is 0 Å². The van der Waals surface area contributed by atoms with E-state index in [0.29, 0.717) is 11.4 Å². The van der Waals surface area contributed by atoms with Crippen molar-refractivity contribution in [1.82, 2.24) is 5.43 Å². The summed E-state index contributed by atoms with van der Waals surface area (Å²) in [5.41, 5.74) is 11.4. The van der Waals surface area contributed by atoms with Crippen LogP contribution in [0.2, 0.25) is 0 Å². The molecule has 0 aliphatic heterocycles. The maximum atomic E-state index is 10.5. The van der Waals surface area contributed by atoms with Gasteiger partial charge < -0.3 is 10.8 Å². The van der Waals surface area contributed by atoms with Crippen LogP contribution in [0.15, 0.2) is 18.2 Å². The van der Waals surface area contributed by atoms with Crippen LogP contribution in [0.3, 0.4) is 0 Å². The Balaban J connectivity index is 2.81. The lowest BCUT2D eigenvalue weighted by Crippen LogP contribution is -2.34.